The van der Waals surface area contributed by atoms with Gasteiger partial charge >= 0.3 is 0 Å². The van der Waals surface area contributed by atoms with E-state index in [9.17, 15) is 4.79 Å². The molecule has 27 heavy (non-hydrogen) atoms. The van der Waals surface area contributed by atoms with Crippen molar-refractivity contribution in [2.24, 2.45) is 0 Å². The topological polar surface area (TPSA) is 35.6 Å². The number of hydrogen-bond acceptors (Lipinski definition) is 3. The van der Waals surface area contributed by atoms with Gasteiger partial charge in [-0.1, -0.05) is 35.3 Å². The molecule has 6 heteroatoms. The van der Waals surface area contributed by atoms with Crippen LogP contribution in [0.15, 0.2) is 36.4 Å². The van der Waals surface area contributed by atoms with Crippen molar-refractivity contribution < 1.29 is 4.79 Å². The van der Waals surface area contributed by atoms with E-state index in [1.165, 1.54) is 16.8 Å². The zero-order valence-corrected chi connectivity index (χ0v) is 17.4. The number of hydrogen-bond donors (Lipinski definition) is 1. The van der Waals surface area contributed by atoms with Gasteiger partial charge in [0.15, 0.2) is 0 Å². The number of piperazine rings is 1. The summed E-state index contributed by atoms with van der Waals surface area (Å²) >= 11 is 12.2. The highest BCUT2D eigenvalue weighted by molar-refractivity contribution is 6.35. The Bertz CT molecular complexity index is 832. The van der Waals surface area contributed by atoms with Crippen LogP contribution in [0.2, 0.25) is 10.0 Å². The molecule has 0 radical (unpaired) electrons. The van der Waals surface area contributed by atoms with E-state index in [-0.39, 0.29) is 11.9 Å². The second-order valence-corrected chi connectivity index (χ2v) is 7.88. The monoisotopic (exact) mass is 405 g/mol. The Morgan fingerprint density at radius 2 is 1.78 bits per heavy atom. The van der Waals surface area contributed by atoms with Gasteiger partial charge in [-0.3, -0.25) is 9.69 Å². The van der Waals surface area contributed by atoms with Crippen LogP contribution >= 0.6 is 23.2 Å². The molecule has 0 aliphatic carbocycles. The second kappa shape index (κ2) is 8.51. The summed E-state index contributed by atoms with van der Waals surface area (Å²) in [5.41, 5.74) is 4.47. The normalized spacial score (nSPS) is 16.3. The lowest BCUT2D eigenvalue weighted by atomic mass is 10.1. The van der Waals surface area contributed by atoms with E-state index < -0.39 is 0 Å². The second-order valence-electron chi connectivity index (χ2n) is 7.03. The largest absolute Gasteiger partial charge is 0.369 e. The molecule has 2 aromatic carbocycles. The molecule has 1 aliphatic rings. The highest BCUT2D eigenvalue weighted by Crippen LogP contribution is 2.27. The number of rotatable bonds is 4. The number of benzene rings is 2. The summed E-state index contributed by atoms with van der Waals surface area (Å²) in [7, 11) is 0. The number of carbonyl (C=O) groups is 1. The molecule has 0 saturated carbocycles. The van der Waals surface area contributed by atoms with Gasteiger partial charge in [0.05, 0.1) is 16.8 Å². The maximum absolute atomic E-state index is 12.7. The van der Waals surface area contributed by atoms with E-state index in [1.807, 2.05) is 6.92 Å². The van der Waals surface area contributed by atoms with Gasteiger partial charge in [0.25, 0.3) is 0 Å². The van der Waals surface area contributed by atoms with Crippen LogP contribution in [0.25, 0.3) is 0 Å². The first kappa shape index (κ1) is 20.0. The third kappa shape index (κ3) is 4.57. The number of halogens is 2. The van der Waals surface area contributed by atoms with Crippen LogP contribution in [0, 0.1) is 13.8 Å². The molecule has 1 atom stereocenters. The standard InChI is InChI=1S/C21H25Cl2N3O/c1-14-5-4-6-20(15(14)2)26-11-9-25(10-12-26)16(3)21(27)24-19-13-17(22)7-8-18(19)23/h4-8,13,16H,9-12H2,1-3H3,(H,24,27)/t16-/m0/s1. The number of anilines is 2. The molecule has 3 rings (SSSR count). The van der Waals surface area contributed by atoms with Crippen molar-refractivity contribution in [2.45, 2.75) is 26.8 Å². The Kier molecular flexibility index (Phi) is 6.30. The molecule has 1 fully saturated rings. The summed E-state index contributed by atoms with van der Waals surface area (Å²) in [6.07, 6.45) is 0. The van der Waals surface area contributed by atoms with E-state index in [2.05, 4.69) is 47.2 Å². The summed E-state index contributed by atoms with van der Waals surface area (Å²) < 4.78 is 0. The molecular formula is C21H25Cl2N3O. The molecule has 2 aromatic rings. The Morgan fingerprint density at radius 1 is 1.07 bits per heavy atom. The Hall–Kier alpha value is -1.75. The van der Waals surface area contributed by atoms with Crippen molar-refractivity contribution in [3.8, 4) is 0 Å². The van der Waals surface area contributed by atoms with Crippen molar-refractivity contribution in [1.29, 1.82) is 0 Å². The maximum atomic E-state index is 12.7. The number of nitrogens with one attached hydrogen (secondary N) is 1. The molecule has 1 amide bonds. The summed E-state index contributed by atoms with van der Waals surface area (Å²) in [5.74, 6) is -0.0700. The predicted molar refractivity (Wildman–Crippen MR) is 114 cm³/mol. The zero-order valence-electron chi connectivity index (χ0n) is 15.9. The number of nitrogens with zero attached hydrogens (tertiary/aromatic N) is 2. The molecule has 0 aromatic heterocycles. The average Bonchev–Trinajstić information content (AvgIpc) is 2.66. The lowest BCUT2D eigenvalue weighted by Gasteiger charge is -2.39. The van der Waals surface area contributed by atoms with Crippen molar-refractivity contribution in [2.75, 3.05) is 36.4 Å². The Morgan fingerprint density at radius 3 is 2.48 bits per heavy atom. The van der Waals surface area contributed by atoms with Gasteiger partial charge < -0.3 is 10.2 Å². The van der Waals surface area contributed by atoms with Crippen LogP contribution in [0.3, 0.4) is 0 Å². The fourth-order valence-corrected chi connectivity index (χ4v) is 3.76. The van der Waals surface area contributed by atoms with Gasteiger partial charge in [-0.2, -0.15) is 0 Å². The number of carbonyl (C=O) groups excluding carboxylic acids is 1. The Labute approximate surface area is 171 Å². The molecular weight excluding hydrogens is 381 g/mol. The molecule has 1 heterocycles. The fraction of sp³-hybridized carbons (Fsp3) is 0.381. The van der Waals surface area contributed by atoms with Crippen LogP contribution < -0.4 is 10.2 Å². The lowest BCUT2D eigenvalue weighted by molar-refractivity contribution is -0.120. The smallest absolute Gasteiger partial charge is 0.241 e. The predicted octanol–water partition coefficient (Wildman–Crippen LogP) is 4.76. The van der Waals surface area contributed by atoms with E-state index >= 15 is 0 Å². The molecule has 144 valence electrons. The van der Waals surface area contributed by atoms with E-state index in [0.717, 1.165) is 26.2 Å². The van der Waals surface area contributed by atoms with Crippen molar-refractivity contribution in [1.82, 2.24) is 4.90 Å². The average molecular weight is 406 g/mol. The SMILES string of the molecule is Cc1cccc(N2CCN([C@@H](C)C(=O)Nc3cc(Cl)ccc3Cl)CC2)c1C. The van der Waals surface area contributed by atoms with E-state index in [4.69, 9.17) is 23.2 Å². The summed E-state index contributed by atoms with van der Waals surface area (Å²) in [6, 6.07) is 11.3. The quantitative estimate of drug-likeness (QED) is 0.795. The highest BCUT2D eigenvalue weighted by atomic mass is 35.5. The molecule has 4 nitrogen and oxygen atoms in total. The van der Waals surface area contributed by atoms with Crippen LogP contribution in [-0.4, -0.2) is 43.0 Å². The highest BCUT2D eigenvalue weighted by Gasteiger charge is 2.26. The Balaban J connectivity index is 1.61. The first-order chi connectivity index (χ1) is 12.9. The third-order valence-electron chi connectivity index (χ3n) is 5.34. The number of amides is 1. The van der Waals surface area contributed by atoms with Gasteiger partial charge in [-0.15, -0.1) is 0 Å². The van der Waals surface area contributed by atoms with Gasteiger partial charge in [-0.05, 0) is 56.2 Å². The minimum atomic E-state index is -0.235. The van der Waals surface area contributed by atoms with Crippen molar-refractivity contribution >= 4 is 40.5 Å². The molecule has 0 spiro atoms. The lowest BCUT2D eigenvalue weighted by Crippen LogP contribution is -2.53. The van der Waals surface area contributed by atoms with Crippen molar-refractivity contribution in [3.63, 3.8) is 0 Å². The van der Waals surface area contributed by atoms with Crippen LogP contribution in [0.4, 0.5) is 11.4 Å². The van der Waals surface area contributed by atoms with Crippen LogP contribution in [0.5, 0.6) is 0 Å². The van der Waals surface area contributed by atoms with Gasteiger partial charge in [0, 0.05) is 36.9 Å². The fourth-order valence-electron chi connectivity index (χ4n) is 3.42. The zero-order chi connectivity index (χ0) is 19.6. The third-order valence-corrected chi connectivity index (χ3v) is 5.91. The summed E-state index contributed by atoms with van der Waals surface area (Å²) in [6.45, 7) is 9.72. The molecule has 1 aliphatic heterocycles. The minimum absolute atomic E-state index is 0.0700. The molecule has 1 saturated heterocycles. The maximum Gasteiger partial charge on any atom is 0.241 e. The first-order valence-corrected chi connectivity index (χ1v) is 9.93. The first-order valence-electron chi connectivity index (χ1n) is 9.18. The molecule has 1 N–H and O–H groups in total. The molecule has 0 bridgehead atoms. The van der Waals surface area contributed by atoms with Crippen LogP contribution in [0.1, 0.15) is 18.1 Å². The van der Waals surface area contributed by atoms with E-state index in [0.29, 0.717) is 15.7 Å². The van der Waals surface area contributed by atoms with Crippen molar-refractivity contribution in [3.05, 3.63) is 57.6 Å². The summed E-state index contributed by atoms with van der Waals surface area (Å²) in [4.78, 5) is 17.3. The minimum Gasteiger partial charge on any atom is -0.369 e. The van der Waals surface area contributed by atoms with Gasteiger partial charge in [-0.25, -0.2) is 0 Å². The summed E-state index contributed by atoms with van der Waals surface area (Å²) in [5, 5.41) is 3.93. The number of aryl methyl sites for hydroxylation is 1. The van der Waals surface area contributed by atoms with E-state index in [1.54, 1.807) is 18.2 Å². The molecule has 0 unspecified atom stereocenters. The van der Waals surface area contributed by atoms with Crippen LogP contribution in [-0.2, 0) is 4.79 Å². The van der Waals surface area contributed by atoms with Gasteiger partial charge in [0.2, 0.25) is 5.91 Å². The van der Waals surface area contributed by atoms with Gasteiger partial charge in [0.1, 0.15) is 0 Å².